The molecule has 1 atom stereocenters. The lowest BCUT2D eigenvalue weighted by molar-refractivity contribution is 0.394. The number of hydrogen-bond donors (Lipinski definition) is 1. The smallest absolute Gasteiger partial charge is 0.123 e. The SMILES string of the molecule is CCC1CCN(c2ccc(F)cc2[C@@H](C)N)CC1. The van der Waals surface area contributed by atoms with Crippen LogP contribution in [-0.2, 0) is 0 Å². The van der Waals surface area contributed by atoms with Crippen molar-refractivity contribution in [1.82, 2.24) is 0 Å². The molecule has 0 bridgehead atoms. The van der Waals surface area contributed by atoms with Gasteiger partial charge in [-0.25, -0.2) is 4.39 Å². The fourth-order valence-electron chi connectivity index (χ4n) is 2.76. The third-order valence-corrected chi connectivity index (χ3v) is 4.01. The van der Waals surface area contributed by atoms with E-state index >= 15 is 0 Å². The summed E-state index contributed by atoms with van der Waals surface area (Å²) in [5.74, 6) is 0.648. The van der Waals surface area contributed by atoms with E-state index in [9.17, 15) is 4.39 Å². The molecule has 0 radical (unpaired) electrons. The second kappa shape index (κ2) is 5.70. The molecular weight excluding hydrogens is 227 g/mol. The Kier molecular flexibility index (Phi) is 4.23. The lowest BCUT2D eigenvalue weighted by Gasteiger charge is -2.35. The minimum atomic E-state index is -0.200. The molecule has 0 aliphatic carbocycles. The van der Waals surface area contributed by atoms with Crippen LogP contribution in [0.4, 0.5) is 10.1 Å². The van der Waals surface area contributed by atoms with Crippen LogP contribution in [0.3, 0.4) is 0 Å². The van der Waals surface area contributed by atoms with Crippen LogP contribution in [0.15, 0.2) is 18.2 Å². The summed E-state index contributed by atoms with van der Waals surface area (Å²) < 4.78 is 13.3. The summed E-state index contributed by atoms with van der Waals surface area (Å²) in [6.07, 6.45) is 3.72. The summed E-state index contributed by atoms with van der Waals surface area (Å²) in [7, 11) is 0. The molecule has 2 nitrogen and oxygen atoms in total. The summed E-state index contributed by atoms with van der Waals surface area (Å²) in [5.41, 5.74) is 7.98. The highest BCUT2D eigenvalue weighted by molar-refractivity contribution is 5.55. The molecule has 0 aromatic heterocycles. The van der Waals surface area contributed by atoms with E-state index in [-0.39, 0.29) is 11.9 Å². The maximum atomic E-state index is 13.3. The first-order chi connectivity index (χ1) is 8.61. The lowest BCUT2D eigenvalue weighted by atomic mass is 9.93. The zero-order chi connectivity index (χ0) is 13.1. The molecule has 18 heavy (non-hydrogen) atoms. The highest BCUT2D eigenvalue weighted by Crippen LogP contribution is 2.30. The Morgan fingerprint density at radius 1 is 1.39 bits per heavy atom. The molecule has 1 saturated heterocycles. The minimum Gasteiger partial charge on any atom is -0.371 e. The van der Waals surface area contributed by atoms with E-state index in [1.165, 1.54) is 25.3 Å². The number of rotatable bonds is 3. The second-order valence-electron chi connectivity index (χ2n) is 5.33. The molecule has 1 aromatic rings. The van der Waals surface area contributed by atoms with Gasteiger partial charge in [0.05, 0.1) is 0 Å². The minimum absolute atomic E-state index is 0.125. The van der Waals surface area contributed by atoms with Crippen LogP contribution in [0.2, 0.25) is 0 Å². The van der Waals surface area contributed by atoms with Crippen LogP contribution in [0.25, 0.3) is 0 Å². The maximum absolute atomic E-state index is 13.3. The number of anilines is 1. The Hall–Kier alpha value is -1.09. The Balaban J connectivity index is 2.18. The standard InChI is InChI=1S/C15H23FN2/c1-3-12-6-8-18(9-7-12)15-5-4-13(16)10-14(15)11(2)17/h4-5,10-12H,3,6-9,17H2,1-2H3/t11-/m1/s1. The van der Waals surface area contributed by atoms with E-state index in [0.29, 0.717) is 0 Å². The second-order valence-corrected chi connectivity index (χ2v) is 5.33. The summed E-state index contributed by atoms with van der Waals surface area (Å²) in [5, 5.41) is 0. The van der Waals surface area contributed by atoms with Gasteiger partial charge in [0, 0.05) is 24.8 Å². The van der Waals surface area contributed by atoms with E-state index in [1.807, 2.05) is 13.0 Å². The van der Waals surface area contributed by atoms with E-state index < -0.39 is 0 Å². The van der Waals surface area contributed by atoms with Gasteiger partial charge in [0.15, 0.2) is 0 Å². The molecule has 0 saturated carbocycles. The Morgan fingerprint density at radius 3 is 2.61 bits per heavy atom. The van der Waals surface area contributed by atoms with Gasteiger partial charge < -0.3 is 10.6 Å². The predicted molar refractivity (Wildman–Crippen MR) is 74.2 cm³/mol. The molecule has 2 N–H and O–H groups in total. The molecule has 2 rings (SSSR count). The molecule has 0 unspecified atom stereocenters. The largest absolute Gasteiger partial charge is 0.371 e. The van der Waals surface area contributed by atoms with Crippen LogP contribution in [0, 0.1) is 11.7 Å². The van der Waals surface area contributed by atoms with Crippen molar-refractivity contribution >= 4 is 5.69 Å². The van der Waals surface area contributed by atoms with Crippen LogP contribution in [-0.4, -0.2) is 13.1 Å². The van der Waals surface area contributed by atoms with Crippen LogP contribution in [0.1, 0.15) is 44.7 Å². The van der Waals surface area contributed by atoms with Crippen molar-refractivity contribution in [3.05, 3.63) is 29.6 Å². The van der Waals surface area contributed by atoms with E-state index in [0.717, 1.165) is 30.3 Å². The van der Waals surface area contributed by atoms with E-state index in [2.05, 4.69) is 11.8 Å². The number of nitrogens with two attached hydrogens (primary N) is 1. The van der Waals surface area contributed by atoms with Gasteiger partial charge in [-0.3, -0.25) is 0 Å². The molecule has 0 spiro atoms. The molecule has 1 fully saturated rings. The van der Waals surface area contributed by atoms with Crippen molar-refractivity contribution in [3.8, 4) is 0 Å². The Morgan fingerprint density at radius 2 is 2.06 bits per heavy atom. The summed E-state index contributed by atoms with van der Waals surface area (Å²) >= 11 is 0. The van der Waals surface area contributed by atoms with Crippen LogP contribution < -0.4 is 10.6 Å². The van der Waals surface area contributed by atoms with Gasteiger partial charge in [0.25, 0.3) is 0 Å². The van der Waals surface area contributed by atoms with Crippen LogP contribution in [0.5, 0.6) is 0 Å². The van der Waals surface area contributed by atoms with Gasteiger partial charge in [0.1, 0.15) is 5.82 Å². The lowest BCUT2D eigenvalue weighted by Crippen LogP contribution is -2.34. The average molecular weight is 250 g/mol. The highest BCUT2D eigenvalue weighted by atomic mass is 19.1. The fraction of sp³-hybridized carbons (Fsp3) is 0.600. The maximum Gasteiger partial charge on any atom is 0.123 e. The van der Waals surface area contributed by atoms with Gasteiger partial charge in [-0.2, -0.15) is 0 Å². The molecule has 1 heterocycles. The number of halogens is 1. The predicted octanol–water partition coefficient (Wildman–Crippen LogP) is 3.47. The van der Waals surface area contributed by atoms with Crippen molar-refractivity contribution in [3.63, 3.8) is 0 Å². The molecule has 100 valence electrons. The normalized spacial score (nSPS) is 19.0. The zero-order valence-corrected chi connectivity index (χ0v) is 11.3. The molecule has 1 aliphatic heterocycles. The number of hydrogen-bond acceptors (Lipinski definition) is 2. The third-order valence-electron chi connectivity index (χ3n) is 4.01. The van der Waals surface area contributed by atoms with Gasteiger partial charge in [0.2, 0.25) is 0 Å². The molecular formula is C15H23FN2. The van der Waals surface area contributed by atoms with Crippen LogP contribution >= 0.6 is 0 Å². The first kappa shape index (κ1) is 13.3. The van der Waals surface area contributed by atoms with Gasteiger partial charge >= 0.3 is 0 Å². The molecule has 1 aliphatic rings. The highest BCUT2D eigenvalue weighted by Gasteiger charge is 2.21. The van der Waals surface area contributed by atoms with Gasteiger partial charge in [-0.15, -0.1) is 0 Å². The zero-order valence-electron chi connectivity index (χ0n) is 11.3. The van der Waals surface area contributed by atoms with Gasteiger partial charge in [-0.1, -0.05) is 13.3 Å². The van der Waals surface area contributed by atoms with Crippen molar-refractivity contribution in [2.75, 3.05) is 18.0 Å². The molecule has 3 heteroatoms. The number of nitrogens with zero attached hydrogens (tertiary/aromatic N) is 1. The summed E-state index contributed by atoms with van der Waals surface area (Å²) in [4.78, 5) is 2.35. The first-order valence-corrected chi connectivity index (χ1v) is 6.91. The fourth-order valence-corrected chi connectivity index (χ4v) is 2.76. The van der Waals surface area contributed by atoms with Crippen molar-refractivity contribution < 1.29 is 4.39 Å². The monoisotopic (exact) mass is 250 g/mol. The third kappa shape index (κ3) is 2.83. The number of piperidine rings is 1. The Labute approximate surface area is 109 Å². The van der Waals surface area contributed by atoms with Crippen molar-refractivity contribution in [2.45, 2.75) is 39.2 Å². The Bertz CT molecular complexity index is 395. The van der Waals surface area contributed by atoms with Crippen molar-refractivity contribution in [2.24, 2.45) is 11.7 Å². The summed E-state index contributed by atoms with van der Waals surface area (Å²) in [6, 6.07) is 4.86. The molecule has 0 amide bonds. The first-order valence-electron chi connectivity index (χ1n) is 6.91. The summed E-state index contributed by atoms with van der Waals surface area (Å²) in [6.45, 7) is 6.29. The molecule has 1 aromatic carbocycles. The van der Waals surface area contributed by atoms with Gasteiger partial charge in [-0.05, 0) is 49.4 Å². The number of benzene rings is 1. The van der Waals surface area contributed by atoms with E-state index in [1.54, 1.807) is 6.07 Å². The quantitative estimate of drug-likeness (QED) is 0.890. The topological polar surface area (TPSA) is 29.3 Å². The van der Waals surface area contributed by atoms with Crippen molar-refractivity contribution in [1.29, 1.82) is 0 Å². The average Bonchev–Trinajstić information content (AvgIpc) is 2.39. The van der Waals surface area contributed by atoms with E-state index in [4.69, 9.17) is 5.73 Å².